The molecule has 0 saturated carbocycles. The Morgan fingerprint density at radius 1 is 1.04 bits per heavy atom. The molecule has 1 heterocycles. The van der Waals surface area contributed by atoms with Gasteiger partial charge in [0.15, 0.2) is 5.78 Å². The normalized spacial score (nSPS) is 10.3. The molecule has 0 radical (unpaired) electrons. The number of rotatable bonds is 6. The van der Waals surface area contributed by atoms with Crippen molar-refractivity contribution in [3.63, 3.8) is 0 Å². The number of aromatic nitrogens is 2. The highest BCUT2D eigenvalue weighted by atomic mass is 16.2. The second-order valence-corrected chi connectivity index (χ2v) is 6.17. The number of anilines is 2. The molecule has 0 atom stereocenters. The van der Waals surface area contributed by atoms with Gasteiger partial charge in [-0.25, -0.2) is 9.97 Å². The van der Waals surface area contributed by atoms with Crippen LogP contribution in [0.4, 0.5) is 11.6 Å². The summed E-state index contributed by atoms with van der Waals surface area (Å²) in [6.07, 6.45) is 1.56. The molecule has 2 aromatic carbocycles. The lowest BCUT2D eigenvalue weighted by Gasteiger charge is -2.17. The molecule has 0 saturated heterocycles. The van der Waals surface area contributed by atoms with Gasteiger partial charge in [0.1, 0.15) is 5.69 Å². The Bertz CT molecular complexity index is 957. The average molecular weight is 360 g/mol. The Hall–Kier alpha value is -3.54. The lowest BCUT2D eigenvalue weighted by molar-refractivity contribution is 0.100. The minimum Gasteiger partial charge on any atom is -0.340 e. The van der Waals surface area contributed by atoms with Gasteiger partial charge in [0.25, 0.3) is 5.91 Å². The second kappa shape index (κ2) is 8.23. The van der Waals surface area contributed by atoms with Crippen molar-refractivity contribution < 1.29 is 9.59 Å². The van der Waals surface area contributed by atoms with Crippen LogP contribution in [0.15, 0.2) is 66.9 Å². The summed E-state index contributed by atoms with van der Waals surface area (Å²) >= 11 is 0. The molecule has 0 aliphatic heterocycles. The Kier molecular flexibility index (Phi) is 5.56. The van der Waals surface area contributed by atoms with Crippen LogP contribution in [-0.2, 0) is 6.54 Å². The molecule has 0 unspecified atom stereocenters. The first-order chi connectivity index (χ1) is 13.0. The lowest BCUT2D eigenvalue weighted by atomic mass is 10.1. The van der Waals surface area contributed by atoms with Crippen molar-refractivity contribution in [3.05, 3.63) is 83.7 Å². The van der Waals surface area contributed by atoms with E-state index in [1.54, 1.807) is 36.5 Å². The zero-order valence-corrected chi connectivity index (χ0v) is 15.2. The maximum Gasteiger partial charge on any atom is 0.274 e. The van der Waals surface area contributed by atoms with Crippen molar-refractivity contribution in [3.8, 4) is 0 Å². The second-order valence-electron chi connectivity index (χ2n) is 6.17. The first kappa shape index (κ1) is 18.3. The van der Waals surface area contributed by atoms with Gasteiger partial charge >= 0.3 is 0 Å². The Morgan fingerprint density at radius 3 is 2.56 bits per heavy atom. The number of carbonyl (C=O) groups is 2. The van der Waals surface area contributed by atoms with Crippen molar-refractivity contribution in [2.75, 3.05) is 17.3 Å². The first-order valence-corrected chi connectivity index (χ1v) is 8.53. The summed E-state index contributed by atoms with van der Waals surface area (Å²) in [5, 5.41) is 2.77. The molecule has 3 aromatic rings. The van der Waals surface area contributed by atoms with E-state index in [9.17, 15) is 9.59 Å². The Morgan fingerprint density at radius 2 is 1.81 bits per heavy atom. The Labute approximate surface area is 157 Å². The summed E-state index contributed by atoms with van der Waals surface area (Å²) < 4.78 is 0. The summed E-state index contributed by atoms with van der Waals surface area (Å²) in [7, 11) is 1.88. The molecule has 3 rings (SSSR count). The highest BCUT2D eigenvalue weighted by molar-refractivity contribution is 6.04. The standard InChI is InChI=1S/C21H20N4O2/c1-15(26)17-9-6-10-18(13-17)23-20(27)19-11-12-22-21(24-19)25(2)14-16-7-4-3-5-8-16/h3-13H,14H2,1-2H3,(H,23,27). The number of benzene rings is 2. The van der Waals surface area contributed by atoms with E-state index >= 15 is 0 Å². The van der Waals surface area contributed by atoms with Crippen molar-refractivity contribution in [1.29, 1.82) is 0 Å². The number of carbonyl (C=O) groups excluding carboxylic acids is 2. The van der Waals surface area contributed by atoms with E-state index in [0.29, 0.717) is 23.7 Å². The van der Waals surface area contributed by atoms with Crippen LogP contribution in [0.2, 0.25) is 0 Å². The summed E-state index contributed by atoms with van der Waals surface area (Å²) in [6.45, 7) is 2.12. The van der Waals surface area contributed by atoms with E-state index in [4.69, 9.17) is 0 Å². The molecule has 0 fully saturated rings. The fourth-order valence-electron chi connectivity index (χ4n) is 2.60. The molecule has 1 N–H and O–H groups in total. The predicted octanol–water partition coefficient (Wildman–Crippen LogP) is 3.57. The number of nitrogens with one attached hydrogen (secondary N) is 1. The highest BCUT2D eigenvalue weighted by Gasteiger charge is 2.12. The van der Waals surface area contributed by atoms with Crippen LogP contribution in [-0.4, -0.2) is 28.7 Å². The molecule has 6 heteroatoms. The van der Waals surface area contributed by atoms with Crippen LogP contribution in [0.5, 0.6) is 0 Å². The van der Waals surface area contributed by atoms with Gasteiger partial charge in [0.2, 0.25) is 5.95 Å². The van der Waals surface area contributed by atoms with Crippen LogP contribution in [0.25, 0.3) is 0 Å². The van der Waals surface area contributed by atoms with Gasteiger partial charge in [-0.2, -0.15) is 0 Å². The van der Waals surface area contributed by atoms with E-state index in [1.165, 1.54) is 6.92 Å². The molecule has 0 spiro atoms. The first-order valence-electron chi connectivity index (χ1n) is 8.53. The minimum atomic E-state index is -0.354. The topological polar surface area (TPSA) is 75.2 Å². The number of ketones is 1. The molecular weight excluding hydrogens is 340 g/mol. The molecule has 1 aromatic heterocycles. The van der Waals surface area contributed by atoms with Gasteiger partial charge in [-0.05, 0) is 30.7 Å². The summed E-state index contributed by atoms with van der Waals surface area (Å²) in [5.41, 5.74) is 2.47. The fraction of sp³-hybridized carbons (Fsp3) is 0.143. The lowest BCUT2D eigenvalue weighted by Crippen LogP contribution is -2.21. The highest BCUT2D eigenvalue weighted by Crippen LogP contribution is 2.14. The van der Waals surface area contributed by atoms with Gasteiger partial charge in [-0.3, -0.25) is 9.59 Å². The monoisotopic (exact) mass is 360 g/mol. The van der Waals surface area contributed by atoms with E-state index in [1.807, 2.05) is 42.3 Å². The number of amides is 1. The van der Waals surface area contributed by atoms with E-state index in [0.717, 1.165) is 5.56 Å². The van der Waals surface area contributed by atoms with Gasteiger partial charge < -0.3 is 10.2 Å². The maximum atomic E-state index is 12.5. The van der Waals surface area contributed by atoms with Gasteiger partial charge in [0.05, 0.1) is 0 Å². The van der Waals surface area contributed by atoms with Crippen molar-refractivity contribution in [2.24, 2.45) is 0 Å². The maximum absolute atomic E-state index is 12.5. The van der Waals surface area contributed by atoms with E-state index < -0.39 is 0 Å². The fourth-order valence-corrected chi connectivity index (χ4v) is 2.60. The van der Waals surface area contributed by atoms with Gasteiger partial charge in [0, 0.05) is 31.0 Å². The minimum absolute atomic E-state index is 0.0574. The van der Waals surface area contributed by atoms with E-state index in [-0.39, 0.29) is 17.4 Å². The molecule has 1 amide bonds. The van der Waals surface area contributed by atoms with Gasteiger partial charge in [-0.1, -0.05) is 42.5 Å². The quantitative estimate of drug-likeness (QED) is 0.680. The summed E-state index contributed by atoms with van der Waals surface area (Å²) in [4.78, 5) is 34.5. The third kappa shape index (κ3) is 4.76. The van der Waals surface area contributed by atoms with Crippen LogP contribution >= 0.6 is 0 Å². The van der Waals surface area contributed by atoms with Crippen molar-refractivity contribution in [1.82, 2.24) is 9.97 Å². The number of nitrogens with zero attached hydrogens (tertiary/aromatic N) is 3. The van der Waals surface area contributed by atoms with Crippen LogP contribution in [0, 0.1) is 0 Å². The van der Waals surface area contributed by atoms with Crippen molar-refractivity contribution in [2.45, 2.75) is 13.5 Å². The zero-order valence-electron chi connectivity index (χ0n) is 15.2. The Balaban J connectivity index is 1.73. The third-order valence-corrected chi connectivity index (χ3v) is 4.01. The van der Waals surface area contributed by atoms with Crippen LogP contribution < -0.4 is 10.2 Å². The molecule has 136 valence electrons. The number of hydrogen-bond donors (Lipinski definition) is 1. The van der Waals surface area contributed by atoms with E-state index in [2.05, 4.69) is 15.3 Å². The molecule has 27 heavy (non-hydrogen) atoms. The third-order valence-electron chi connectivity index (χ3n) is 4.01. The van der Waals surface area contributed by atoms with Crippen LogP contribution in [0.1, 0.15) is 33.3 Å². The van der Waals surface area contributed by atoms with Gasteiger partial charge in [-0.15, -0.1) is 0 Å². The van der Waals surface area contributed by atoms with Crippen molar-refractivity contribution >= 4 is 23.3 Å². The number of Topliss-reactive ketones (excluding diaryl/α,β-unsaturated/α-hetero) is 1. The molecule has 0 aliphatic rings. The summed E-state index contributed by atoms with van der Waals surface area (Å²) in [5.74, 6) is 0.0504. The SMILES string of the molecule is CC(=O)c1cccc(NC(=O)c2ccnc(N(C)Cc3ccccc3)n2)c1. The molecular formula is C21H20N4O2. The zero-order chi connectivity index (χ0) is 19.2. The summed E-state index contributed by atoms with van der Waals surface area (Å²) in [6, 6.07) is 18.3. The number of hydrogen-bond acceptors (Lipinski definition) is 5. The molecule has 0 bridgehead atoms. The largest absolute Gasteiger partial charge is 0.340 e. The smallest absolute Gasteiger partial charge is 0.274 e. The molecule has 6 nitrogen and oxygen atoms in total. The predicted molar refractivity (Wildman–Crippen MR) is 105 cm³/mol. The molecule has 0 aliphatic carbocycles. The van der Waals surface area contributed by atoms with Crippen LogP contribution in [0.3, 0.4) is 0 Å². The average Bonchev–Trinajstić information content (AvgIpc) is 2.69.